The molecule has 0 spiro atoms. The van der Waals surface area contributed by atoms with Crippen LogP contribution >= 0.6 is 11.8 Å². The third kappa shape index (κ3) is 14.3. The Bertz CT molecular complexity index is 1800. The standard InChI is InChI=1S/C39H58F3N7O16S/c1-20(52)45-23(31(55)35(25(53)16-50)65-36-34(58)33(57)32(56)27(17-51)64-36)15-44-63-18-21-6-7-22(38(48-49-38)39(40,41)42)14-26(21)62-13-12-61-11-10-60-9-8-43-29(54)5-3-2-4-28-30-24(19-66-28)46-37(59)47-30/h6-7,14-15,23-25,27-28,30-36,50-51,53,55-58H,2-5,8-13,16-19H2,1H3,(H,43,54)(H,45,52)(H2,46,47,59)/b44-15-/t23-,24-,25+,27+,28-,30-,31+,32-,33-,34+,35+,36-/m0/s1. The number of oxime groups is 1. The molecule has 0 aliphatic carbocycles. The number of carbonyl (C=O) groups is 3. The van der Waals surface area contributed by atoms with Crippen molar-refractivity contribution in [3.8, 4) is 5.75 Å². The molecule has 1 aromatic rings. The molecule has 66 heavy (non-hydrogen) atoms. The first-order valence-corrected chi connectivity index (χ1v) is 22.3. The molecule has 372 valence electrons. The summed E-state index contributed by atoms with van der Waals surface area (Å²) in [7, 11) is 0. The Balaban J connectivity index is 1.07. The Kier molecular flexibility index (Phi) is 19.9. The Morgan fingerprint density at radius 3 is 2.45 bits per heavy atom. The smallest absolute Gasteiger partial charge is 0.442 e. The molecule has 5 rings (SSSR count). The van der Waals surface area contributed by atoms with Crippen molar-refractivity contribution in [2.24, 2.45) is 15.4 Å². The molecule has 4 amide bonds. The van der Waals surface area contributed by atoms with Crippen molar-refractivity contribution in [1.29, 1.82) is 0 Å². The van der Waals surface area contributed by atoms with Gasteiger partial charge in [0.1, 0.15) is 61.7 Å². The number of amides is 4. The molecule has 11 N–H and O–H groups in total. The number of aliphatic hydroxyl groups excluding tert-OH is 7. The number of halogens is 3. The van der Waals surface area contributed by atoms with Gasteiger partial charge in [0.25, 0.3) is 0 Å². The summed E-state index contributed by atoms with van der Waals surface area (Å²) in [5, 5.41) is 93.1. The summed E-state index contributed by atoms with van der Waals surface area (Å²) in [6.07, 6.45) is -15.7. The maximum Gasteiger partial charge on any atom is 0.442 e. The largest absolute Gasteiger partial charge is 0.491 e. The van der Waals surface area contributed by atoms with Crippen LogP contribution in [0.5, 0.6) is 5.75 Å². The first-order valence-electron chi connectivity index (χ1n) is 21.2. The molecular formula is C39H58F3N7O16S. The maximum atomic E-state index is 13.9. The molecule has 0 bridgehead atoms. The molecule has 4 heterocycles. The van der Waals surface area contributed by atoms with Gasteiger partial charge in [0.15, 0.2) is 6.29 Å². The van der Waals surface area contributed by atoms with Crippen molar-refractivity contribution in [2.75, 3.05) is 58.5 Å². The number of nitrogens with one attached hydrogen (secondary N) is 4. The average Bonchev–Trinajstić information content (AvgIpc) is 3.92. The van der Waals surface area contributed by atoms with Gasteiger partial charge in [-0.1, -0.05) is 23.7 Å². The quantitative estimate of drug-likeness (QED) is 0.0188. The van der Waals surface area contributed by atoms with E-state index in [9.17, 15) is 63.3 Å². The van der Waals surface area contributed by atoms with Gasteiger partial charge in [-0.05, 0) is 18.9 Å². The molecule has 0 aromatic heterocycles. The Morgan fingerprint density at radius 1 is 1.05 bits per heavy atom. The zero-order valence-corrected chi connectivity index (χ0v) is 36.6. The van der Waals surface area contributed by atoms with E-state index in [-0.39, 0.29) is 73.9 Å². The fourth-order valence-corrected chi connectivity index (χ4v) is 8.87. The summed E-state index contributed by atoms with van der Waals surface area (Å²) in [5.74, 6) is 0.00456. The minimum atomic E-state index is -4.83. The van der Waals surface area contributed by atoms with E-state index < -0.39 is 92.6 Å². The van der Waals surface area contributed by atoms with E-state index in [2.05, 4.69) is 36.7 Å². The summed E-state index contributed by atoms with van der Waals surface area (Å²) >= 11 is 1.83. The van der Waals surface area contributed by atoms with E-state index in [1.807, 2.05) is 11.8 Å². The highest BCUT2D eigenvalue weighted by Crippen LogP contribution is 2.53. The molecular weight excluding hydrogens is 912 g/mol. The van der Waals surface area contributed by atoms with Gasteiger partial charge in [-0.2, -0.15) is 24.9 Å². The second-order valence-electron chi connectivity index (χ2n) is 15.8. The van der Waals surface area contributed by atoms with Crippen LogP contribution in [-0.4, -0.2) is 197 Å². The van der Waals surface area contributed by atoms with Crippen LogP contribution in [-0.2, 0) is 45.6 Å². The van der Waals surface area contributed by atoms with Gasteiger partial charge in [0.2, 0.25) is 11.8 Å². The highest BCUT2D eigenvalue weighted by atomic mass is 32.2. The Hall–Kier alpha value is -4.00. The minimum absolute atomic E-state index is 0.00603. The predicted octanol–water partition coefficient (Wildman–Crippen LogP) is -1.97. The van der Waals surface area contributed by atoms with Crippen LogP contribution in [0.15, 0.2) is 33.6 Å². The van der Waals surface area contributed by atoms with Gasteiger partial charge < -0.3 is 85.5 Å². The van der Waals surface area contributed by atoms with Gasteiger partial charge >= 0.3 is 17.9 Å². The lowest BCUT2D eigenvalue weighted by Crippen LogP contribution is -2.62. The summed E-state index contributed by atoms with van der Waals surface area (Å²) < 4.78 is 69.1. The lowest BCUT2D eigenvalue weighted by Gasteiger charge is -2.42. The molecule has 0 unspecified atom stereocenters. The van der Waals surface area contributed by atoms with E-state index in [0.29, 0.717) is 18.2 Å². The molecule has 3 fully saturated rings. The maximum absolute atomic E-state index is 13.9. The fraction of sp³-hybridized carbons (Fsp3) is 0.744. The van der Waals surface area contributed by atoms with Gasteiger partial charge in [-0.15, -0.1) is 10.2 Å². The fourth-order valence-electron chi connectivity index (χ4n) is 7.33. The van der Waals surface area contributed by atoms with E-state index in [0.717, 1.165) is 50.3 Å². The molecule has 1 aromatic carbocycles. The minimum Gasteiger partial charge on any atom is -0.491 e. The number of nitrogens with zero attached hydrogens (tertiary/aromatic N) is 3. The normalized spacial score (nSPS) is 27.3. The predicted molar refractivity (Wildman–Crippen MR) is 222 cm³/mol. The van der Waals surface area contributed by atoms with Gasteiger partial charge in [-0.3, -0.25) is 9.59 Å². The van der Waals surface area contributed by atoms with Crippen molar-refractivity contribution in [1.82, 2.24) is 21.3 Å². The van der Waals surface area contributed by atoms with Crippen LogP contribution < -0.4 is 26.0 Å². The van der Waals surface area contributed by atoms with Crippen LogP contribution in [0.4, 0.5) is 18.0 Å². The van der Waals surface area contributed by atoms with Crippen molar-refractivity contribution >= 4 is 35.8 Å². The molecule has 3 saturated heterocycles. The van der Waals surface area contributed by atoms with E-state index in [1.54, 1.807) is 0 Å². The number of hydrogen-bond donors (Lipinski definition) is 11. The number of benzene rings is 1. The van der Waals surface area contributed by atoms with Crippen LogP contribution in [0.25, 0.3) is 0 Å². The zero-order valence-electron chi connectivity index (χ0n) is 35.8. The van der Waals surface area contributed by atoms with Crippen LogP contribution in [0.3, 0.4) is 0 Å². The number of aliphatic hydroxyl groups is 7. The molecule has 12 atom stereocenters. The Morgan fingerprint density at radius 2 is 1.77 bits per heavy atom. The lowest BCUT2D eigenvalue weighted by molar-refractivity contribution is -0.324. The van der Waals surface area contributed by atoms with E-state index in [4.69, 9.17) is 28.5 Å². The van der Waals surface area contributed by atoms with Crippen LogP contribution in [0.2, 0.25) is 0 Å². The number of rotatable bonds is 28. The third-order valence-electron chi connectivity index (χ3n) is 11.0. The van der Waals surface area contributed by atoms with Crippen LogP contribution in [0, 0.1) is 0 Å². The third-order valence-corrected chi connectivity index (χ3v) is 12.5. The number of alkyl halides is 3. The molecule has 4 aliphatic heterocycles. The highest BCUT2D eigenvalue weighted by molar-refractivity contribution is 8.00. The zero-order chi connectivity index (χ0) is 48.0. The number of urea groups is 1. The topological polar surface area (TPSA) is 333 Å². The van der Waals surface area contributed by atoms with Gasteiger partial charge in [0.05, 0.1) is 64.0 Å². The molecule has 0 saturated carbocycles. The number of ether oxygens (including phenoxy) is 5. The van der Waals surface area contributed by atoms with E-state index in [1.165, 1.54) is 6.07 Å². The van der Waals surface area contributed by atoms with Crippen molar-refractivity contribution in [2.45, 2.75) is 123 Å². The number of fused-ring (bicyclic) bond motifs is 1. The lowest BCUT2D eigenvalue weighted by atomic mass is 9.98. The monoisotopic (exact) mass is 969 g/mol. The molecule has 0 radical (unpaired) electrons. The Labute approximate surface area is 380 Å². The number of thioether (sulfide) groups is 1. The van der Waals surface area contributed by atoms with Gasteiger partial charge in [0, 0.05) is 42.0 Å². The van der Waals surface area contributed by atoms with Gasteiger partial charge in [-0.25, -0.2) is 4.79 Å². The number of hydrogen-bond acceptors (Lipinski definition) is 20. The second-order valence-corrected chi connectivity index (χ2v) is 17.0. The van der Waals surface area contributed by atoms with E-state index >= 15 is 0 Å². The summed E-state index contributed by atoms with van der Waals surface area (Å²) in [6, 6.07) is 2.12. The van der Waals surface area contributed by atoms with Crippen molar-refractivity contribution < 1.29 is 91.8 Å². The molecule has 4 aliphatic rings. The van der Waals surface area contributed by atoms with Crippen molar-refractivity contribution in [3.63, 3.8) is 0 Å². The first kappa shape index (κ1) is 53.0. The highest BCUT2D eigenvalue weighted by Gasteiger charge is 2.65. The molecule has 27 heteroatoms. The SMILES string of the molecule is CC(=O)N[C@@H](/C=N\OCc1ccc(C2(C(F)(F)F)N=N2)cc1OCCOCCOCCNC(=O)CCCC[C@@H]1SC[C@@H]2NC(=O)N[C@@H]21)[C@@H](O)[C@H](O[C@@H]1O[C@H](CO)[C@H](O)[C@H](O)[C@H]1O)[C@H](O)CO. The first-order chi connectivity index (χ1) is 31.5. The average molecular weight is 970 g/mol. The van der Waals surface area contributed by atoms with Crippen LogP contribution in [0.1, 0.15) is 43.7 Å². The number of unbranched alkanes of at least 4 members (excludes halogenated alkanes) is 1. The summed E-state index contributed by atoms with van der Waals surface area (Å²) in [4.78, 5) is 41.2. The number of carbonyl (C=O) groups excluding carboxylic acids is 3. The van der Waals surface area contributed by atoms with Crippen molar-refractivity contribution in [3.05, 3.63) is 29.3 Å². The second kappa shape index (κ2) is 24.9. The summed E-state index contributed by atoms with van der Waals surface area (Å²) in [5.41, 5.74) is -2.91. The summed E-state index contributed by atoms with van der Waals surface area (Å²) in [6.45, 7) is -0.469. The molecule has 23 nitrogen and oxygen atoms in total.